The fraction of sp³-hybridized carbons (Fsp3) is 0.333. The van der Waals surface area contributed by atoms with Gasteiger partial charge in [-0.05, 0) is 79.8 Å². The smallest absolute Gasteiger partial charge is 0.264 e. The number of amides is 2. The summed E-state index contributed by atoms with van der Waals surface area (Å²) in [4.78, 5) is 30.6. The number of carbonyl (C=O) groups is 2. The highest BCUT2D eigenvalue weighted by Gasteiger charge is 2.35. The Hall–Kier alpha value is -4.63. The number of hydrogen-bond acceptors (Lipinski definition) is 5. The molecular weight excluding hydrogens is 623 g/mol. The molecule has 1 aliphatic carbocycles. The summed E-state index contributed by atoms with van der Waals surface area (Å²) in [6.45, 7) is 3.54. The molecule has 0 saturated heterocycles. The first-order valence-electron chi connectivity index (χ1n) is 16.6. The van der Waals surface area contributed by atoms with E-state index in [4.69, 9.17) is 4.74 Å². The van der Waals surface area contributed by atoms with Crippen molar-refractivity contribution in [2.24, 2.45) is 0 Å². The molecule has 1 N–H and O–H groups in total. The largest absolute Gasteiger partial charge is 0.497 e. The molecule has 1 saturated carbocycles. The quantitative estimate of drug-likeness (QED) is 0.174. The van der Waals surface area contributed by atoms with E-state index in [1.807, 2.05) is 80.6 Å². The number of anilines is 1. The summed E-state index contributed by atoms with van der Waals surface area (Å²) < 4.78 is 34.9. The van der Waals surface area contributed by atoms with Gasteiger partial charge in [-0.2, -0.15) is 0 Å². The van der Waals surface area contributed by atoms with Crippen molar-refractivity contribution in [2.45, 2.75) is 75.9 Å². The molecule has 2 amide bonds. The van der Waals surface area contributed by atoms with Gasteiger partial charge >= 0.3 is 0 Å². The number of rotatable bonds is 13. The molecule has 0 heterocycles. The highest BCUT2D eigenvalue weighted by atomic mass is 32.2. The zero-order valence-electron chi connectivity index (χ0n) is 28.0. The number of hydrogen-bond donors (Lipinski definition) is 1. The van der Waals surface area contributed by atoms with Gasteiger partial charge in [0.25, 0.3) is 10.0 Å². The van der Waals surface area contributed by atoms with Crippen LogP contribution < -0.4 is 14.4 Å². The van der Waals surface area contributed by atoms with E-state index in [9.17, 15) is 18.0 Å². The second-order valence-corrected chi connectivity index (χ2v) is 14.4. The second kappa shape index (κ2) is 16.0. The normalized spacial score (nSPS) is 14.1. The average molecular weight is 668 g/mol. The van der Waals surface area contributed by atoms with Crippen molar-refractivity contribution >= 4 is 27.5 Å². The van der Waals surface area contributed by atoms with E-state index in [1.54, 1.807) is 29.2 Å². The molecule has 252 valence electrons. The Labute approximate surface area is 284 Å². The SMILES string of the molecule is COc1ccc(S(=O)(=O)N(CC(=O)N(Cc2ccccc2C)[C@H](Cc2ccccc2)C(=O)NC2CCCCC2)c2ccc(C)cc2)cc1. The summed E-state index contributed by atoms with van der Waals surface area (Å²) in [5, 5.41) is 3.26. The Morgan fingerprint density at radius 1 is 0.833 bits per heavy atom. The highest BCUT2D eigenvalue weighted by Crippen LogP contribution is 2.27. The van der Waals surface area contributed by atoms with Crippen molar-refractivity contribution in [1.29, 1.82) is 0 Å². The van der Waals surface area contributed by atoms with Crippen LogP contribution in [0.2, 0.25) is 0 Å². The maximum absolute atomic E-state index is 14.7. The Morgan fingerprint density at radius 3 is 2.12 bits per heavy atom. The molecule has 1 atom stereocenters. The van der Waals surface area contributed by atoms with Crippen LogP contribution in [0.4, 0.5) is 5.69 Å². The van der Waals surface area contributed by atoms with Crippen LogP contribution in [0.1, 0.15) is 54.4 Å². The first kappa shape index (κ1) is 34.7. The fourth-order valence-electron chi connectivity index (χ4n) is 6.18. The van der Waals surface area contributed by atoms with E-state index in [0.29, 0.717) is 11.4 Å². The van der Waals surface area contributed by atoms with Crippen molar-refractivity contribution in [2.75, 3.05) is 18.0 Å². The van der Waals surface area contributed by atoms with Gasteiger partial charge in [0, 0.05) is 19.0 Å². The van der Waals surface area contributed by atoms with Crippen molar-refractivity contribution in [1.82, 2.24) is 10.2 Å². The molecule has 0 bridgehead atoms. The summed E-state index contributed by atoms with van der Waals surface area (Å²) in [7, 11) is -2.69. The van der Waals surface area contributed by atoms with Gasteiger partial charge in [0.15, 0.2) is 0 Å². The van der Waals surface area contributed by atoms with Crippen LogP contribution in [0.3, 0.4) is 0 Å². The molecule has 9 heteroatoms. The first-order valence-corrected chi connectivity index (χ1v) is 18.0. The highest BCUT2D eigenvalue weighted by molar-refractivity contribution is 7.92. The van der Waals surface area contributed by atoms with Crippen LogP contribution in [-0.2, 0) is 32.6 Å². The molecule has 5 rings (SSSR count). The van der Waals surface area contributed by atoms with Gasteiger partial charge in [-0.15, -0.1) is 0 Å². The monoisotopic (exact) mass is 667 g/mol. The molecule has 0 radical (unpaired) electrons. The minimum atomic E-state index is -4.20. The topological polar surface area (TPSA) is 96.0 Å². The zero-order valence-corrected chi connectivity index (χ0v) is 28.8. The number of nitrogens with zero attached hydrogens (tertiary/aromatic N) is 2. The molecule has 8 nitrogen and oxygen atoms in total. The van der Waals surface area contributed by atoms with Gasteiger partial charge < -0.3 is 15.0 Å². The van der Waals surface area contributed by atoms with Crippen molar-refractivity contribution in [3.63, 3.8) is 0 Å². The zero-order chi connectivity index (χ0) is 34.1. The van der Waals surface area contributed by atoms with Crippen molar-refractivity contribution in [3.05, 3.63) is 125 Å². The van der Waals surface area contributed by atoms with E-state index in [0.717, 1.165) is 58.7 Å². The predicted octanol–water partition coefficient (Wildman–Crippen LogP) is 6.60. The summed E-state index contributed by atoms with van der Waals surface area (Å²) in [6.07, 6.45) is 5.33. The first-order chi connectivity index (χ1) is 23.2. The third-order valence-corrected chi connectivity index (χ3v) is 10.9. The van der Waals surface area contributed by atoms with Gasteiger partial charge in [-0.1, -0.05) is 91.6 Å². The summed E-state index contributed by atoms with van der Waals surface area (Å²) >= 11 is 0. The predicted molar refractivity (Wildman–Crippen MR) is 189 cm³/mol. The lowest BCUT2D eigenvalue weighted by Crippen LogP contribution is -2.55. The van der Waals surface area contributed by atoms with Crippen molar-refractivity contribution < 1.29 is 22.7 Å². The number of nitrogens with one attached hydrogen (secondary N) is 1. The van der Waals surface area contributed by atoms with Gasteiger partial charge in [0.05, 0.1) is 17.7 Å². The molecule has 0 aromatic heterocycles. The van der Waals surface area contributed by atoms with Crippen LogP contribution in [0.25, 0.3) is 0 Å². The van der Waals surface area contributed by atoms with E-state index in [1.165, 1.54) is 19.2 Å². The number of aryl methyl sites for hydroxylation is 2. The standard InChI is InChI=1S/C39H45N3O5S/c1-29-18-20-34(21-19-29)42(48(45,46)36-24-22-35(47-3)23-25-36)28-38(43)41(27-32-15-11-10-12-30(32)2)37(26-31-13-6-4-7-14-31)39(44)40-33-16-8-5-9-17-33/h4,6-7,10-15,18-25,33,37H,5,8-9,16-17,26-28H2,1-3H3,(H,40,44)/t37-/m1/s1. The summed E-state index contributed by atoms with van der Waals surface area (Å²) in [5.41, 5.74) is 4.07. The molecule has 1 aliphatic rings. The lowest BCUT2D eigenvalue weighted by Gasteiger charge is -2.35. The van der Waals surface area contributed by atoms with E-state index in [-0.39, 0.29) is 29.8 Å². The lowest BCUT2D eigenvalue weighted by molar-refractivity contribution is -0.140. The average Bonchev–Trinajstić information content (AvgIpc) is 3.10. The summed E-state index contributed by atoms with van der Waals surface area (Å²) in [5.74, 6) is -0.188. The Kier molecular flexibility index (Phi) is 11.5. The Bertz CT molecular complexity index is 1770. The Morgan fingerprint density at radius 2 is 1.48 bits per heavy atom. The van der Waals surface area contributed by atoms with Gasteiger partial charge in [0.2, 0.25) is 11.8 Å². The Balaban J connectivity index is 1.56. The minimum Gasteiger partial charge on any atom is -0.497 e. The molecule has 48 heavy (non-hydrogen) atoms. The van der Waals surface area contributed by atoms with Crippen LogP contribution in [0, 0.1) is 13.8 Å². The molecule has 4 aromatic carbocycles. The van der Waals surface area contributed by atoms with Gasteiger partial charge in [-0.25, -0.2) is 8.42 Å². The number of benzene rings is 4. The number of methoxy groups -OCH3 is 1. The van der Waals surface area contributed by atoms with Crippen LogP contribution in [0.15, 0.2) is 108 Å². The number of ether oxygens (including phenoxy) is 1. The number of carbonyl (C=O) groups excluding carboxylic acids is 2. The van der Waals surface area contributed by atoms with Crippen LogP contribution in [0.5, 0.6) is 5.75 Å². The van der Waals surface area contributed by atoms with Gasteiger partial charge in [0.1, 0.15) is 18.3 Å². The maximum atomic E-state index is 14.7. The summed E-state index contributed by atoms with van der Waals surface area (Å²) in [6, 6.07) is 29.7. The third-order valence-electron chi connectivity index (χ3n) is 9.07. The minimum absolute atomic E-state index is 0.0259. The fourth-order valence-corrected chi connectivity index (χ4v) is 7.60. The van der Waals surface area contributed by atoms with Crippen molar-refractivity contribution in [3.8, 4) is 5.75 Å². The van der Waals surface area contributed by atoms with E-state index in [2.05, 4.69) is 5.32 Å². The molecule has 1 fully saturated rings. The van der Waals surface area contributed by atoms with Crippen LogP contribution in [-0.4, -0.2) is 50.9 Å². The molecule has 4 aromatic rings. The molecule has 0 aliphatic heterocycles. The number of sulfonamides is 1. The van der Waals surface area contributed by atoms with E-state index >= 15 is 0 Å². The van der Waals surface area contributed by atoms with E-state index < -0.39 is 28.5 Å². The van der Waals surface area contributed by atoms with Gasteiger partial charge in [-0.3, -0.25) is 13.9 Å². The second-order valence-electron chi connectivity index (χ2n) is 12.5. The molecule has 0 unspecified atom stereocenters. The lowest BCUT2D eigenvalue weighted by atomic mass is 9.94. The maximum Gasteiger partial charge on any atom is 0.264 e. The molecule has 0 spiro atoms. The third kappa shape index (κ3) is 8.63. The molecular formula is C39H45N3O5S. The van der Waals surface area contributed by atoms with Crippen LogP contribution >= 0.6 is 0 Å².